The van der Waals surface area contributed by atoms with Crippen molar-refractivity contribution in [2.75, 3.05) is 11.7 Å². The number of hydrogen-bond donors (Lipinski definition) is 1. The van der Waals surface area contributed by atoms with Crippen LogP contribution < -0.4 is 5.09 Å². The molecule has 0 saturated heterocycles. The molecule has 0 amide bonds. The van der Waals surface area contributed by atoms with Gasteiger partial charge in [0.1, 0.15) is 5.56 Å². The highest BCUT2D eigenvalue weighted by Crippen LogP contribution is 2.17. The van der Waals surface area contributed by atoms with Gasteiger partial charge in [-0.25, -0.2) is 4.79 Å². The number of nitrogens with zero attached hydrogens (tertiary/aromatic N) is 2. The Morgan fingerprint density at radius 1 is 1.71 bits per heavy atom. The van der Waals surface area contributed by atoms with Crippen LogP contribution in [-0.2, 0) is 4.74 Å². The minimum atomic E-state index is -0.478. The van der Waals surface area contributed by atoms with Gasteiger partial charge >= 0.3 is 5.97 Å². The van der Waals surface area contributed by atoms with Crippen LogP contribution >= 0.6 is 21.0 Å². The topological polar surface area (TPSA) is 64.1 Å². The maximum atomic E-state index is 11.4. The van der Waals surface area contributed by atoms with Gasteiger partial charge in [-0.05, 0) is 22.4 Å². The average Bonchev–Trinajstić information content (AvgIpc) is 2.18. The van der Waals surface area contributed by atoms with Crippen molar-refractivity contribution in [1.29, 1.82) is 0 Å². The molecule has 0 aromatic carbocycles. The Morgan fingerprint density at radius 3 is 3.00 bits per heavy atom. The number of hydrogen-bond acceptors (Lipinski definition) is 5. The summed E-state index contributed by atoms with van der Waals surface area (Å²) in [5.74, 6) is -0.160. The largest absolute Gasteiger partial charge is 0.462 e. The first-order valence-corrected chi connectivity index (χ1v) is 4.81. The molecule has 0 radical (unpaired) electrons. The number of anilines is 1. The molecule has 7 heteroatoms. The van der Waals surface area contributed by atoms with Gasteiger partial charge in [-0.1, -0.05) is 11.6 Å². The van der Waals surface area contributed by atoms with Gasteiger partial charge in [0.15, 0.2) is 11.0 Å². The molecule has 1 atom stereocenters. The van der Waals surface area contributed by atoms with E-state index in [2.05, 4.69) is 24.7 Å². The second-order valence-corrected chi connectivity index (χ2v) is 2.97. The summed E-state index contributed by atoms with van der Waals surface area (Å²) in [4.78, 5) is 11.4. The molecule has 1 N–H and O–H groups in total. The van der Waals surface area contributed by atoms with Crippen LogP contribution in [0.4, 0.5) is 5.82 Å². The summed E-state index contributed by atoms with van der Waals surface area (Å²) >= 11 is 5.60. The fourth-order valence-electron chi connectivity index (χ4n) is 0.839. The smallest absolute Gasteiger partial charge is 0.342 e. The van der Waals surface area contributed by atoms with E-state index in [1.54, 1.807) is 6.92 Å². The summed E-state index contributed by atoms with van der Waals surface area (Å²) in [6.07, 6.45) is 0. The van der Waals surface area contributed by atoms with Crippen molar-refractivity contribution in [3.05, 3.63) is 16.8 Å². The standard InChI is InChI=1S/C7H9ClN3O2P/c1-2-13-7(12)4-3-5(8)9-10-6(4)11-14/h3H,2,14H2,1H3,(H,10,11). The zero-order valence-electron chi connectivity index (χ0n) is 7.45. The van der Waals surface area contributed by atoms with Crippen LogP contribution in [0.3, 0.4) is 0 Å². The van der Waals surface area contributed by atoms with E-state index in [1.165, 1.54) is 6.07 Å². The van der Waals surface area contributed by atoms with E-state index < -0.39 is 5.97 Å². The summed E-state index contributed by atoms with van der Waals surface area (Å²) in [6.45, 7) is 2.02. The lowest BCUT2D eigenvalue weighted by atomic mass is 10.3. The first kappa shape index (κ1) is 11.1. The molecule has 14 heavy (non-hydrogen) atoms. The lowest BCUT2D eigenvalue weighted by Gasteiger charge is -2.05. The normalized spacial score (nSPS) is 9.64. The van der Waals surface area contributed by atoms with Crippen molar-refractivity contribution < 1.29 is 9.53 Å². The summed E-state index contributed by atoms with van der Waals surface area (Å²) < 4.78 is 4.81. The van der Waals surface area contributed by atoms with Crippen molar-refractivity contribution in [3.8, 4) is 0 Å². The molecule has 0 saturated carbocycles. The number of rotatable bonds is 3. The maximum absolute atomic E-state index is 11.4. The van der Waals surface area contributed by atoms with E-state index in [0.717, 1.165) is 0 Å². The minimum Gasteiger partial charge on any atom is -0.462 e. The Hall–Kier alpha value is -0.930. The third kappa shape index (κ3) is 2.53. The van der Waals surface area contributed by atoms with Crippen LogP contribution in [0, 0.1) is 0 Å². The highest BCUT2D eigenvalue weighted by molar-refractivity contribution is 7.18. The van der Waals surface area contributed by atoms with Gasteiger partial charge in [0.05, 0.1) is 6.61 Å². The molecular weight excluding hydrogens is 225 g/mol. The van der Waals surface area contributed by atoms with E-state index in [1.807, 2.05) is 0 Å². The molecule has 0 aliphatic carbocycles. The van der Waals surface area contributed by atoms with E-state index in [9.17, 15) is 4.79 Å². The highest BCUT2D eigenvalue weighted by Gasteiger charge is 2.14. The Labute approximate surface area is 88.4 Å². The molecule has 0 spiro atoms. The van der Waals surface area contributed by atoms with Crippen LogP contribution in [0.25, 0.3) is 0 Å². The molecule has 0 aliphatic rings. The Balaban J connectivity index is 3.03. The van der Waals surface area contributed by atoms with Gasteiger partial charge in [-0.3, -0.25) is 0 Å². The molecule has 76 valence electrons. The Kier molecular flexibility index (Phi) is 4.04. The predicted molar refractivity (Wildman–Crippen MR) is 56.3 cm³/mol. The van der Waals surface area contributed by atoms with Gasteiger partial charge in [-0.2, -0.15) is 0 Å². The number of carbonyl (C=O) groups excluding carboxylic acids is 1. The number of halogens is 1. The number of esters is 1. The fraction of sp³-hybridized carbons (Fsp3) is 0.286. The van der Waals surface area contributed by atoms with E-state index in [-0.39, 0.29) is 10.7 Å². The fourth-order valence-corrected chi connectivity index (χ4v) is 1.20. The van der Waals surface area contributed by atoms with Gasteiger partial charge < -0.3 is 9.82 Å². The third-order valence-electron chi connectivity index (χ3n) is 1.40. The van der Waals surface area contributed by atoms with E-state index in [4.69, 9.17) is 16.3 Å². The minimum absolute atomic E-state index is 0.150. The summed E-state index contributed by atoms with van der Waals surface area (Å²) in [5, 5.41) is 10.1. The van der Waals surface area contributed by atoms with Crippen LogP contribution in [0.5, 0.6) is 0 Å². The molecule has 0 aliphatic heterocycles. The van der Waals surface area contributed by atoms with Crippen LogP contribution in [0.1, 0.15) is 17.3 Å². The van der Waals surface area contributed by atoms with Crippen molar-refractivity contribution in [2.45, 2.75) is 6.92 Å². The van der Waals surface area contributed by atoms with Gasteiger partial charge in [0, 0.05) is 0 Å². The van der Waals surface area contributed by atoms with Gasteiger partial charge in [0.25, 0.3) is 0 Å². The van der Waals surface area contributed by atoms with E-state index in [0.29, 0.717) is 12.4 Å². The molecule has 1 rings (SSSR count). The lowest BCUT2D eigenvalue weighted by Crippen LogP contribution is -2.08. The van der Waals surface area contributed by atoms with Crippen LogP contribution in [0.2, 0.25) is 5.15 Å². The number of ether oxygens (including phenoxy) is 1. The van der Waals surface area contributed by atoms with Crippen LogP contribution in [0.15, 0.2) is 6.07 Å². The van der Waals surface area contributed by atoms with Gasteiger partial charge in [-0.15, -0.1) is 10.2 Å². The Morgan fingerprint density at radius 2 is 2.43 bits per heavy atom. The molecule has 0 fully saturated rings. The first-order chi connectivity index (χ1) is 6.69. The second kappa shape index (κ2) is 5.08. The van der Waals surface area contributed by atoms with Crippen molar-refractivity contribution >= 4 is 32.8 Å². The predicted octanol–water partition coefficient (Wildman–Crippen LogP) is 1.51. The molecule has 1 heterocycles. The number of aromatic nitrogens is 2. The van der Waals surface area contributed by atoms with Crippen LogP contribution in [-0.4, -0.2) is 22.8 Å². The monoisotopic (exact) mass is 233 g/mol. The van der Waals surface area contributed by atoms with E-state index >= 15 is 0 Å². The summed E-state index contributed by atoms with van der Waals surface area (Å²) in [6, 6.07) is 1.40. The summed E-state index contributed by atoms with van der Waals surface area (Å²) in [5.41, 5.74) is 0.266. The zero-order valence-corrected chi connectivity index (χ0v) is 9.36. The first-order valence-electron chi connectivity index (χ1n) is 3.86. The summed E-state index contributed by atoms with van der Waals surface area (Å²) in [7, 11) is 2.22. The molecule has 0 bridgehead atoms. The highest BCUT2D eigenvalue weighted by atomic mass is 35.5. The molecular formula is C7H9ClN3O2P. The number of nitrogens with one attached hydrogen (secondary N) is 1. The maximum Gasteiger partial charge on any atom is 0.342 e. The van der Waals surface area contributed by atoms with Gasteiger partial charge in [0.2, 0.25) is 0 Å². The SMILES string of the molecule is CCOC(=O)c1cc(Cl)nnc1NP. The average molecular weight is 234 g/mol. The third-order valence-corrected chi connectivity index (χ3v) is 1.85. The van der Waals surface area contributed by atoms with Crippen molar-refractivity contribution in [1.82, 2.24) is 10.2 Å². The molecule has 1 unspecified atom stereocenters. The molecule has 5 nitrogen and oxygen atoms in total. The lowest BCUT2D eigenvalue weighted by molar-refractivity contribution is 0.0527. The Bertz CT molecular complexity index is 348. The quantitative estimate of drug-likeness (QED) is 0.633. The van der Waals surface area contributed by atoms with Crippen molar-refractivity contribution in [2.24, 2.45) is 0 Å². The second-order valence-electron chi connectivity index (χ2n) is 2.29. The zero-order chi connectivity index (χ0) is 10.6. The molecule has 1 aromatic rings. The van der Waals surface area contributed by atoms with Crippen molar-refractivity contribution in [3.63, 3.8) is 0 Å². The number of carbonyl (C=O) groups is 1. The molecule has 1 aromatic heterocycles.